The second-order valence-electron chi connectivity index (χ2n) is 4.23. The van der Waals surface area contributed by atoms with Crippen molar-refractivity contribution >= 4 is 5.91 Å². The van der Waals surface area contributed by atoms with Crippen molar-refractivity contribution in [3.63, 3.8) is 0 Å². The van der Waals surface area contributed by atoms with Crippen LogP contribution in [0.15, 0.2) is 42.0 Å². The molecule has 3 nitrogen and oxygen atoms in total. The zero-order chi connectivity index (χ0) is 12.7. The highest BCUT2D eigenvalue weighted by Gasteiger charge is 2.17. The minimum Gasteiger partial charge on any atom is -0.352 e. The lowest BCUT2D eigenvalue weighted by Crippen LogP contribution is -2.33. The van der Waals surface area contributed by atoms with Gasteiger partial charge < -0.3 is 11.1 Å². The molecule has 0 saturated heterocycles. The van der Waals surface area contributed by atoms with E-state index >= 15 is 0 Å². The molecule has 1 aromatic carbocycles. The summed E-state index contributed by atoms with van der Waals surface area (Å²) in [5, 5.41) is 2.87. The summed E-state index contributed by atoms with van der Waals surface area (Å²) < 4.78 is 0. The number of benzene rings is 1. The minimum atomic E-state index is -0.262. The highest BCUT2D eigenvalue weighted by molar-refractivity contribution is 5.84. The van der Waals surface area contributed by atoms with Gasteiger partial charge in [0.15, 0.2) is 0 Å². The van der Waals surface area contributed by atoms with Gasteiger partial charge in [-0.2, -0.15) is 0 Å². The third kappa shape index (κ3) is 4.41. The van der Waals surface area contributed by atoms with Crippen LogP contribution in [0.5, 0.6) is 0 Å². The van der Waals surface area contributed by atoms with Crippen molar-refractivity contribution in [1.29, 1.82) is 0 Å². The Kier molecular flexibility index (Phi) is 5.43. The maximum Gasteiger partial charge on any atom is 0.229 e. The molecule has 0 fully saturated rings. The summed E-state index contributed by atoms with van der Waals surface area (Å²) in [6.07, 6.45) is 1.98. The maximum atomic E-state index is 11.9. The lowest BCUT2D eigenvalue weighted by Gasteiger charge is -2.14. The van der Waals surface area contributed by atoms with Gasteiger partial charge in [-0.05, 0) is 19.4 Å². The number of hydrogen-bond acceptors (Lipinski definition) is 2. The molecule has 3 heteroatoms. The van der Waals surface area contributed by atoms with Crippen LogP contribution in [-0.4, -0.2) is 19.0 Å². The van der Waals surface area contributed by atoms with Gasteiger partial charge in [0.05, 0.1) is 5.92 Å². The van der Waals surface area contributed by atoms with E-state index in [1.54, 1.807) is 0 Å². The first kappa shape index (κ1) is 13.5. The van der Waals surface area contributed by atoms with Crippen molar-refractivity contribution in [2.75, 3.05) is 13.1 Å². The van der Waals surface area contributed by atoms with Crippen LogP contribution in [0.25, 0.3) is 0 Å². The molecule has 3 N–H and O–H groups in total. The fourth-order valence-corrected chi connectivity index (χ4v) is 1.56. The molecule has 1 aromatic rings. The van der Waals surface area contributed by atoms with Crippen molar-refractivity contribution in [3.05, 3.63) is 47.5 Å². The third-order valence-corrected chi connectivity index (χ3v) is 2.54. The molecule has 1 amide bonds. The largest absolute Gasteiger partial charge is 0.352 e. The SMILES string of the molecule is CC(C)=CCNC(=O)C(CN)c1ccccc1. The van der Waals surface area contributed by atoms with E-state index < -0.39 is 0 Å². The van der Waals surface area contributed by atoms with Gasteiger partial charge in [-0.15, -0.1) is 0 Å². The van der Waals surface area contributed by atoms with E-state index in [1.807, 2.05) is 50.3 Å². The van der Waals surface area contributed by atoms with E-state index in [2.05, 4.69) is 5.32 Å². The van der Waals surface area contributed by atoms with Crippen LogP contribution in [-0.2, 0) is 4.79 Å². The smallest absolute Gasteiger partial charge is 0.229 e. The van der Waals surface area contributed by atoms with Crippen LogP contribution < -0.4 is 11.1 Å². The molecule has 0 heterocycles. The third-order valence-electron chi connectivity index (χ3n) is 2.54. The standard InChI is InChI=1S/C14H20N2O/c1-11(2)8-9-16-14(17)13(10-15)12-6-4-3-5-7-12/h3-8,13H,9-10,15H2,1-2H3,(H,16,17). The van der Waals surface area contributed by atoms with Crippen molar-refractivity contribution in [3.8, 4) is 0 Å². The molecule has 1 unspecified atom stereocenters. The summed E-state index contributed by atoms with van der Waals surface area (Å²) in [7, 11) is 0. The van der Waals surface area contributed by atoms with E-state index in [0.717, 1.165) is 5.56 Å². The number of nitrogens with two attached hydrogens (primary N) is 1. The van der Waals surface area contributed by atoms with Gasteiger partial charge in [0.2, 0.25) is 5.91 Å². The Bertz CT molecular complexity index is 380. The Hall–Kier alpha value is -1.61. The van der Waals surface area contributed by atoms with Gasteiger partial charge >= 0.3 is 0 Å². The minimum absolute atomic E-state index is 0.0174. The van der Waals surface area contributed by atoms with Crippen molar-refractivity contribution in [2.45, 2.75) is 19.8 Å². The summed E-state index contributed by atoms with van der Waals surface area (Å²) in [6.45, 7) is 4.89. The first-order valence-corrected chi connectivity index (χ1v) is 5.81. The van der Waals surface area contributed by atoms with Crippen LogP contribution in [0.1, 0.15) is 25.3 Å². The number of rotatable bonds is 5. The number of carbonyl (C=O) groups excluding carboxylic acids is 1. The summed E-state index contributed by atoms with van der Waals surface area (Å²) in [6, 6.07) is 9.62. The molecule has 0 aliphatic rings. The Morgan fingerprint density at radius 3 is 2.53 bits per heavy atom. The van der Waals surface area contributed by atoms with Crippen LogP contribution in [0.3, 0.4) is 0 Å². The second-order valence-corrected chi connectivity index (χ2v) is 4.23. The predicted molar refractivity (Wildman–Crippen MR) is 70.7 cm³/mol. The zero-order valence-electron chi connectivity index (χ0n) is 10.4. The zero-order valence-corrected chi connectivity index (χ0v) is 10.4. The van der Waals surface area contributed by atoms with E-state index in [4.69, 9.17) is 5.73 Å². The molecule has 92 valence electrons. The van der Waals surface area contributed by atoms with E-state index in [1.165, 1.54) is 5.57 Å². The Morgan fingerprint density at radius 2 is 2.00 bits per heavy atom. The number of hydrogen-bond donors (Lipinski definition) is 2. The number of amides is 1. The first-order valence-electron chi connectivity index (χ1n) is 5.81. The molecule has 0 aromatic heterocycles. The van der Waals surface area contributed by atoms with Crippen molar-refractivity contribution < 1.29 is 4.79 Å². The van der Waals surface area contributed by atoms with E-state index in [-0.39, 0.29) is 11.8 Å². The molecule has 0 aliphatic heterocycles. The van der Waals surface area contributed by atoms with Gasteiger partial charge in [-0.3, -0.25) is 4.79 Å². The molecule has 1 rings (SSSR count). The molecule has 17 heavy (non-hydrogen) atoms. The second kappa shape index (κ2) is 6.86. The molecular formula is C14H20N2O. The highest BCUT2D eigenvalue weighted by atomic mass is 16.1. The number of nitrogens with one attached hydrogen (secondary N) is 1. The normalized spacial score (nSPS) is 11.7. The lowest BCUT2D eigenvalue weighted by atomic mass is 9.98. The highest BCUT2D eigenvalue weighted by Crippen LogP contribution is 2.13. The average molecular weight is 232 g/mol. The molecule has 0 bridgehead atoms. The van der Waals surface area contributed by atoms with Gasteiger partial charge in [0.1, 0.15) is 0 Å². The van der Waals surface area contributed by atoms with E-state index in [0.29, 0.717) is 13.1 Å². The Morgan fingerprint density at radius 1 is 1.35 bits per heavy atom. The predicted octanol–water partition coefficient (Wildman–Crippen LogP) is 1.81. The van der Waals surface area contributed by atoms with Gasteiger partial charge in [-0.1, -0.05) is 42.0 Å². The molecule has 0 aliphatic carbocycles. The quantitative estimate of drug-likeness (QED) is 0.761. The Balaban J connectivity index is 2.62. The summed E-state index contributed by atoms with van der Waals surface area (Å²) in [4.78, 5) is 11.9. The summed E-state index contributed by atoms with van der Waals surface area (Å²) in [5.74, 6) is -0.280. The molecule has 1 atom stereocenters. The monoisotopic (exact) mass is 232 g/mol. The first-order chi connectivity index (χ1) is 8.15. The van der Waals surface area contributed by atoms with Crippen molar-refractivity contribution in [1.82, 2.24) is 5.32 Å². The van der Waals surface area contributed by atoms with Crippen LogP contribution in [0.4, 0.5) is 0 Å². The van der Waals surface area contributed by atoms with Gasteiger partial charge in [0.25, 0.3) is 0 Å². The summed E-state index contributed by atoms with van der Waals surface area (Å²) in [5.41, 5.74) is 7.81. The van der Waals surface area contributed by atoms with Crippen LogP contribution in [0, 0.1) is 0 Å². The maximum absolute atomic E-state index is 11.9. The lowest BCUT2D eigenvalue weighted by molar-refractivity contribution is -0.122. The van der Waals surface area contributed by atoms with Crippen LogP contribution in [0.2, 0.25) is 0 Å². The average Bonchev–Trinajstić information content (AvgIpc) is 2.31. The Labute approximate surface area is 103 Å². The van der Waals surface area contributed by atoms with Crippen molar-refractivity contribution in [2.24, 2.45) is 5.73 Å². The van der Waals surface area contributed by atoms with Gasteiger partial charge in [0, 0.05) is 13.1 Å². The molecule has 0 spiro atoms. The molecule has 0 radical (unpaired) electrons. The van der Waals surface area contributed by atoms with E-state index in [9.17, 15) is 4.79 Å². The molecular weight excluding hydrogens is 212 g/mol. The van der Waals surface area contributed by atoms with Gasteiger partial charge in [-0.25, -0.2) is 0 Å². The topological polar surface area (TPSA) is 55.1 Å². The summed E-state index contributed by atoms with van der Waals surface area (Å²) >= 11 is 0. The fourth-order valence-electron chi connectivity index (χ4n) is 1.56. The molecule has 0 saturated carbocycles. The fraction of sp³-hybridized carbons (Fsp3) is 0.357. The number of carbonyl (C=O) groups is 1. The van der Waals surface area contributed by atoms with Crippen LogP contribution >= 0.6 is 0 Å². The number of allylic oxidation sites excluding steroid dienone is 1.